The van der Waals surface area contributed by atoms with Crippen LogP contribution < -0.4 is 11.1 Å². The SMILES string of the molecule is NC(=NC1CC2CCC1C2)NC1CCCC1. The average Bonchev–Trinajstić information content (AvgIpc) is 2.92. The molecule has 90 valence electrons. The van der Waals surface area contributed by atoms with E-state index in [2.05, 4.69) is 5.32 Å². The van der Waals surface area contributed by atoms with Gasteiger partial charge in [-0.2, -0.15) is 0 Å². The second-order valence-electron chi connectivity index (χ2n) is 5.88. The van der Waals surface area contributed by atoms with Crippen LogP contribution in [0.3, 0.4) is 0 Å². The van der Waals surface area contributed by atoms with Crippen molar-refractivity contribution in [2.24, 2.45) is 22.6 Å². The molecule has 3 aliphatic rings. The number of nitrogens with zero attached hydrogens (tertiary/aromatic N) is 1. The Hall–Kier alpha value is -0.730. The number of nitrogens with one attached hydrogen (secondary N) is 1. The van der Waals surface area contributed by atoms with Crippen LogP contribution in [0.25, 0.3) is 0 Å². The Morgan fingerprint density at radius 2 is 1.88 bits per heavy atom. The molecule has 3 rings (SSSR count). The Morgan fingerprint density at radius 3 is 2.50 bits per heavy atom. The molecule has 3 unspecified atom stereocenters. The lowest BCUT2D eigenvalue weighted by molar-refractivity contribution is 0.418. The molecular weight excluding hydrogens is 198 g/mol. The molecule has 0 spiro atoms. The second kappa shape index (κ2) is 4.27. The summed E-state index contributed by atoms with van der Waals surface area (Å²) in [5.74, 6) is 2.51. The zero-order chi connectivity index (χ0) is 11.0. The molecule has 16 heavy (non-hydrogen) atoms. The van der Waals surface area contributed by atoms with Crippen molar-refractivity contribution in [2.75, 3.05) is 0 Å². The highest BCUT2D eigenvalue weighted by atomic mass is 15.1. The lowest BCUT2D eigenvalue weighted by Crippen LogP contribution is -2.39. The van der Waals surface area contributed by atoms with E-state index < -0.39 is 0 Å². The topological polar surface area (TPSA) is 50.4 Å². The van der Waals surface area contributed by atoms with E-state index in [9.17, 15) is 0 Å². The van der Waals surface area contributed by atoms with Crippen molar-refractivity contribution < 1.29 is 0 Å². The molecule has 0 aromatic heterocycles. The van der Waals surface area contributed by atoms with Gasteiger partial charge in [-0.1, -0.05) is 19.3 Å². The lowest BCUT2D eigenvalue weighted by atomic mass is 9.96. The molecule has 0 radical (unpaired) electrons. The van der Waals surface area contributed by atoms with Gasteiger partial charge in [0.1, 0.15) is 0 Å². The van der Waals surface area contributed by atoms with E-state index in [1.54, 1.807) is 0 Å². The first-order valence-corrected chi connectivity index (χ1v) is 6.91. The van der Waals surface area contributed by atoms with Crippen molar-refractivity contribution in [3.05, 3.63) is 0 Å². The Bertz CT molecular complexity index is 281. The van der Waals surface area contributed by atoms with E-state index in [0.29, 0.717) is 18.0 Å². The van der Waals surface area contributed by atoms with Gasteiger partial charge in [0.25, 0.3) is 0 Å². The van der Waals surface area contributed by atoms with Crippen LogP contribution in [-0.2, 0) is 0 Å². The highest BCUT2D eigenvalue weighted by molar-refractivity contribution is 5.78. The van der Waals surface area contributed by atoms with Crippen molar-refractivity contribution in [3.8, 4) is 0 Å². The largest absolute Gasteiger partial charge is 0.370 e. The van der Waals surface area contributed by atoms with Crippen molar-refractivity contribution in [3.63, 3.8) is 0 Å². The summed E-state index contributed by atoms with van der Waals surface area (Å²) in [6.07, 6.45) is 10.8. The van der Waals surface area contributed by atoms with Crippen LogP contribution in [0.2, 0.25) is 0 Å². The first kappa shape index (κ1) is 10.4. The molecule has 3 N–H and O–H groups in total. The van der Waals surface area contributed by atoms with E-state index in [1.165, 1.54) is 51.4 Å². The smallest absolute Gasteiger partial charge is 0.189 e. The van der Waals surface area contributed by atoms with Gasteiger partial charge >= 0.3 is 0 Å². The molecule has 3 heteroatoms. The summed E-state index contributed by atoms with van der Waals surface area (Å²) in [6, 6.07) is 1.13. The van der Waals surface area contributed by atoms with Gasteiger partial charge in [-0.3, -0.25) is 0 Å². The quantitative estimate of drug-likeness (QED) is 0.553. The number of hydrogen-bond donors (Lipinski definition) is 2. The van der Waals surface area contributed by atoms with Crippen LogP contribution in [0, 0.1) is 11.8 Å². The van der Waals surface area contributed by atoms with Gasteiger partial charge < -0.3 is 11.1 Å². The summed E-state index contributed by atoms with van der Waals surface area (Å²) in [4.78, 5) is 4.71. The van der Waals surface area contributed by atoms with E-state index in [4.69, 9.17) is 10.7 Å². The number of fused-ring (bicyclic) bond motifs is 2. The van der Waals surface area contributed by atoms with Crippen LogP contribution in [0.4, 0.5) is 0 Å². The van der Waals surface area contributed by atoms with Gasteiger partial charge in [0.15, 0.2) is 5.96 Å². The lowest BCUT2D eigenvalue weighted by Gasteiger charge is -2.19. The Labute approximate surface area is 97.9 Å². The minimum Gasteiger partial charge on any atom is -0.370 e. The molecule has 0 amide bonds. The van der Waals surface area contributed by atoms with Gasteiger partial charge in [-0.05, 0) is 43.9 Å². The van der Waals surface area contributed by atoms with Crippen molar-refractivity contribution in [1.82, 2.24) is 5.32 Å². The third kappa shape index (κ3) is 2.04. The van der Waals surface area contributed by atoms with Crippen LogP contribution in [0.1, 0.15) is 51.4 Å². The van der Waals surface area contributed by atoms with Crippen LogP contribution >= 0.6 is 0 Å². The van der Waals surface area contributed by atoms with Crippen molar-refractivity contribution in [1.29, 1.82) is 0 Å². The predicted octanol–water partition coefficient (Wildman–Crippen LogP) is 2.02. The van der Waals surface area contributed by atoms with Crippen LogP contribution in [0.5, 0.6) is 0 Å². The Kier molecular flexibility index (Phi) is 2.78. The summed E-state index contributed by atoms with van der Waals surface area (Å²) < 4.78 is 0. The maximum Gasteiger partial charge on any atom is 0.189 e. The summed E-state index contributed by atoms with van der Waals surface area (Å²) in [5.41, 5.74) is 6.00. The fraction of sp³-hybridized carbons (Fsp3) is 0.923. The third-order valence-electron chi connectivity index (χ3n) is 4.71. The van der Waals surface area contributed by atoms with Crippen LogP contribution in [0.15, 0.2) is 4.99 Å². The van der Waals surface area contributed by atoms with Crippen molar-refractivity contribution >= 4 is 5.96 Å². The molecule has 3 saturated carbocycles. The average molecular weight is 221 g/mol. The van der Waals surface area contributed by atoms with E-state index in [0.717, 1.165) is 11.8 Å². The second-order valence-corrected chi connectivity index (χ2v) is 5.88. The monoisotopic (exact) mass is 221 g/mol. The predicted molar refractivity (Wildman–Crippen MR) is 66.3 cm³/mol. The minimum atomic E-state index is 0.535. The van der Waals surface area contributed by atoms with E-state index in [1.807, 2.05) is 0 Å². The zero-order valence-corrected chi connectivity index (χ0v) is 9.99. The van der Waals surface area contributed by atoms with E-state index in [-0.39, 0.29) is 0 Å². The van der Waals surface area contributed by atoms with Crippen LogP contribution in [-0.4, -0.2) is 18.0 Å². The molecule has 0 saturated heterocycles. The van der Waals surface area contributed by atoms with Gasteiger partial charge in [0.05, 0.1) is 6.04 Å². The molecule has 0 heterocycles. The highest BCUT2D eigenvalue weighted by Crippen LogP contribution is 2.45. The normalized spacial score (nSPS) is 39.5. The van der Waals surface area contributed by atoms with E-state index >= 15 is 0 Å². The first-order valence-electron chi connectivity index (χ1n) is 6.91. The summed E-state index contributed by atoms with van der Waals surface area (Å²) in [6.45, 7) is 0. The fourth-order valence-electron chi connectivity index (χ4n) is 3.86. The number of guanidine groups is 1. The van der Waals surface area contributed by atoms with Gasteiger partial charge in [-0.15, -0.1) is 0 Å². The number of hydrogen-bond acceptors (Lipinski definition) is 1. The molecular formula is C13H23N3. The molecule has 3 nitrogen and oxygen atoms in total. The maximum atomic E-state index is 6.00. The Balaban J connectivity index is 1.55. The molecule has 3 atom stereocenters. The number of rotatable bonds is 2. The Morgan fingerprint density at radius 1 is 1.06 bits per heavy atom. The first-order chi connectivity index (χ1) is 7.81. The fourth-order valence-corrected chi connectivity index (χ4v) is 3.86. The van der Waals surface area contributed by atoms with Gasteiger partial charge in [0.2, 0.25) is 0 Å². The van der Waals surface area contributed by atoms with Gasteiger partial charge in [0, 0.05) is 6.04 Å². The van der Waals surface area contributed by atoms with Gasteiger partial charge in [-0.25, -0.2) is 4.99 Å². The van der Waals surface area contributed by atoms with Crippen molar-refractivity contribution in [2.45, 2.75) is 63.5 Å². The molecule has 0 aliphatic heterocycles. The molecule has 2 bridgehead atoms. The highest BCUT2D eigenvalue weighted by Gasteiger charge is 2.39. The third-order valence-corrected chi connectivity index (χ3v) is 4.71. The minimum absolute atomic E-state index is 0.535. The standard InChI is InChI=1S/C13H23N3/c14-13(15-11-3-1-2-4-11)16-12-8-9-5-6-10(12)7-9/h9-12H,1-8H2,(H3,14,15,16). The maximum absolute atomic E-state index is 6.00. The number of aliphatic imine (C=N–C) groups is 1. The molecule has 0 aromatic carbocycles. The summed E-state index contributed by atoms with van der Waals surface area (Å²) in [5, 5.41) is 3.39. The molecule has 3 aliphatic carbocycles. The molecule has 3 fully saturated rings. The summed E-state index contributed by atoms with van der Waals surface area (Å²) >= 11 is 0. The molecule has 0 aromatic rings. The summed E-state index contributed by atoms with van der Waals surface area (Å²) in [7, 11) is 0. The zero-order valence-electron chi connectivity index (χ0n) is 9.99. The number of nitrogens with two attached hydrogens (primary N) is 1.